The van der Waals surface area contributed by atoms with E-state index in [-0.39, 0.29) is 23.5 Å². The van der Waals surface area contributed by atoms with E-state index in [0.29, 0.717) is 41.0 Å². The van der Waals surface area contributed by atoms with E-state index in [1.165, 1.54) is 0 Å². The number of carbonyl (C=O) groups is 1. The van der Waals surface area contributed by atoms with Gasteiger partial charge in [-0.05, 0) is 31.4 Å². The lowest BCUT2D eigenvalue weighted by molar-refractivity contribution is 0.0955. The predicted octanol–water partition coefficient (Wildman–Crippen LogP) is 3.74. The highest BCUT2D eigenvalue weighted by atomic mass is 32.2. The molecule has 0 bridgehead atoms. The number of amides is 1. The van der Waals surface area contributed by atoms with Crippen molar-refractivity contribution in [3.05, 3.63) is 83.6 Å². The number of hydrogen-bond donors (Lipinski definition) is 1. The summed E-state index contributed by atoms with van der Waals surface area (Å²) in [7, 11) is -3.10. The largest absolute Gasteiger partial charge is 0.352 e. The van der Waals surface area contributed by atoms with Crippen LogP contribution in [0.3, 0.4) is 0 Å². The summed E-state index contributed by atoms with van der Waals surface area (Å²) in [4.78, 5) is 18.2. The third kappa shape index (κ3) is 4.46. The number of sulfone groups is 1. The Hall–Kier alpha value is -3.52. The van der Waals surface area contributed by atoms with Gasteiger partial charge in [0, 0.05) is 12.1 Å². The van der Waals surface area contributed by atoms with E-state index in [1.54, 1.807) is 10.7 Å². The van der Waals surface area contributed by atoms with Crippen LogP contribution in [0.2, 0.25) is 0 Å². The molecule has 1 aliphatic rings. The average Bonchev–Trinajstić information content (AvgIpc) is 3.38. The highest BCUT2D eigenvalue weighted by molar-refractivity contribution is 7.91. The first kappa shape index (κ1) is 22.3. The molecule has 1 aliphatic heterocycles. The second-order valence-corrected chi connectivity index (χ2v) is 10.9. The third-order valence-electron chi connectivity index (χ3n) is 6.25. The molecule has 5 rings (SSSR count). The number of nitrogens with zero attached hydrogens (tertiary/aromatic N) is 3. The van der Waals surface area contributed by atoms with Crippen molar-refractivity contribution in [2.45, 2.75) is 25.8 Å². The van der Waals surface area contributed by atoms with E-state index in [1.807, 2.05) is 67.6 Å². The number of carbonyl (C=O) groups excluding carboxylic acids is 1. The summed E-state index contributed by atoms with van der Waals surface area (Å²) in [5, 5.41) is 8.36. The minimum atomic E-state index is -3.10. The zero-order valence-corrected chi connectivity index (χ0v) is 19.8. The lowest BCUT2D eigenvalue weighted by Gasteiger charge is -2.12. The summed E-state index contributed by atoms with van der Waals surface area (Å²) in [5.41, 5.74) is 4.41. The van der Waals surface area contributed by atoms with Gasteiger partial charge in [-0.15, -0.1) is 0 Å². The van der Waals surface area contributed by atoms with Crippen LogP contribution in [0.4, 0.5) is 0 Å². The molecule has 3 heterocycles. The highest BCUT2D eigenvalue weighted by Crippen LogP contribution is 2.32. The van der Waals surface area contributed by atoms with Crippen LogP contribution in [0.15, 0.2) is 66.7 Å². The molecular weight excluding hydrogens is 448 g/mol. The summed E-state index contributed by atoms with van der Waals surface area (Å²) in [6.45, 7) is 2.34. The molecule has 1 amide bonds. The summed E-state index contributed by atoms with van der Waals surface area (Å²) in [6, 6.07) is 21.2. The molecule has 4 aromatic rings. The minimum Gasteiger partial charge on any atom is -0.352 e. The van der Waals surface area contributed by atoms with E-state index < -0.39 is 9.84 Å². The Morgan fingerprint density at radius 3 is 2.47 bits per heavy atom. The van der Waals surface area contributed by atoms with Crippen LogP contribution in [0.5, 0.6) is 0 Å². The first-order valence-corrected chi connectivity index (χ1v) is 13.2. The van der Waals surface area contributed by atoms with Gasteiger partial charge in [-0.3, -0.25) is 4.79 Å². The molecule has 1 fully saturated rings. The summed E-state index contributed by atoms with van der Waals surface area (Å²) in [5.74, 6) is -0.00952. The number of aryl methyl sites for hydroxylation is 1. The highest BCUT2D eigenvalue weighted by Gasteiger charge is 2.32. The van der Waals surface area contributed by atoms with Gasteiger partial charge in [-0.25, -0.2) is 18.1 Å². The van der Waals surface area contributed by atoms with Crippen LogP contribution in [0.25, 0.3) is 22.3 Å². The first-order valence-electron chi connectivity index (χ1n) is 11.4. The van der Waals surface area contributed by atoms with Crippen LogP contribution in [-0.4, -0.2) is 47.1 Å². The Labute approximate surface area is 198 Å². The molecule has 0 saturated carbocycles. The number of benzene rings is 2. The topological polar surface area (TPSA) is 93.9 Å². The Bertz CT molecular complexity index is 1450. The fourth-order valence-electron chi connectivity index (χ4n) is 4.53. The van der Waals surface area contributed by atoms with Crippen LogP contribution < -0.4 is 5.32 Å². The molecule has 7 nitrogen and oxygen atoms in total. The summed E-state index contributed by atoms with van der Waals surface area (Å²) in [6.07, 6.45) is 1.22. The molecule has 1 N–H and O–H groups in total. The van der Waals surface area contributed by atoms with Crippen molar-refractivity contribution in [2.24, 2.45) is 0 Å². The third-order valence-corrected chi connectivity index (χ3v) is 8.00. The van der Waals surface area contributed by atoms with Gasteiger partial charge in [0.2, 0.25) is 0 Å². The van der Waals surface area contributed by atoms with Gasteiger partial charge in [0.25, 0.3) is 5.91 Å². The normalized spacial score (nSPS) is 17.1. The average molecular weight is 475 g/mol. The molecule has 0 radical (unpaired) electrons. The van der Waals surface area contributed by atoms with Gasteiger partial charge in [-0.2, -0.15) is 5.10 Å². The number of pyridine rings is 1. The van der Waals surface area contributed by atoms with Gasteiger partial charge < -0.3 is 5.32 Å². The standard InChI is InChI=1S/C26H26N4O3S/c1-18-24-22(26(31)27-14-12-19-8-4-2-5-9-19)16-23(20-10-6-3-7-11-20)28-25(24)30(29-18)21-13-15-34(32,33)17-21/h2-11,16,21H,12-15,17H2,1H3,(H,27,31). The molecule has 2 aromatic heterocycles. The monoisotopic (exact) mass is 474 g/mol. The lowest BCUT2D eigenvalue weighted by atomic mass is 10.0. The minimum absolute atomic E-state index is 0.0407. The van der Waals surface area contributed by atoms with Crippen LogP contribution in [-0.2, 0) is 16.3 Å². The van der Waals surface area contributed by atoms with Crippen molar-refractivity contribution in [3.63, 3.8) is 0 Å². The van der Waals surface area contributed by atoms with Gasteiger partial charge in [0.1, 0.15) is 0 Å². The number of aromatic nitrogens is 3. The first-order chi connectivity index (χ1) is 16.4. The van der Waals surface area contributed by atoms with Crippen molar-refractivity contribution in [1.29, 1.82) is 0 Å². The molecule has 2 aromatic carbocycles. The summed E-state index contributed by atoms with van der Waals surface area (Å²) >= 11 is 0. The zero-order chi connectivity index (χ0) is 23.7. The maximum Gasteiger partial charge on any atom is 0.252 e. The number of nitrogens with one attached hydrogen (secondary N) is 1. The Kier molecular flexibility index (Phi) is 5.91. The van der Waals surface area contributed by atoms with E-state index in [0.717, 1.165) is 17.5 Å². The van der Waals surface area contributed by atoms with Gasteiger partial charge in [0.15, 0.2) is 15.5 Å². The van der Waals surface area contributed by atoms with Crippen molar-refractivity contribution in [2.75, 3.05) is 18.1 Å². The quantitative estimate of drug-likeness (QED) is 0.459. The van der Waals surface area contributed by atoms with Gasteiger partial charge in [-0.1, -0.05) is 60.7 Å². The van der Waals surface area contributed by atoms with E-state index in [2.05, 4.69) is 10.4 Å². The Morgan fingerprint density at radius 1 is 1.09 bits per heavy atom. The number of hydrogen-bond acceptors (Lipinski definition) is 5. The van der Waals surface area contributed by atoms with Crippen molar-refractivity contribution in [3.8, 4) is 11.3 Å². The molecule has 174 valence electrons. The number of rotatable bonds is 6. The van der Waals surface area contributed by atoms with E-state index in [4.69, 9.17) is 4.98 Å². The molecule has 1 saturated heterocycles. The molecule has 1 unspecified atom stereocenters. The van der Waals surface area contributed by atoms with E-state index in [9.17, 15) is 13.2 Å². The lowest BCUT2D eigenvalue weighted by Crippen LogP contribution is -2.26. The van der Waals surface area contributed by atoms with Gasteiger partial charge in [0.05, 0.1) is 39.9 Å². The van der Waals surface area contributed by atoms with Crippen LogP contribution >= 0.6 is 0 Å². The second kappa shape index (κ2) is 9.02. The molecule has 0 spiro atoms. The molecule has 34 heavy (non-hydrogen) atoms. The van der Waals surface area contributed by atoms with Gasteiger partial charge >= 0.3 is 0 Å². The van der Waals surface area contributed by atoms with Crippen molar-refractivity contribution < 1.29 is 13.2 Å². The maximum absolute atomic E-state index is 13.3. The fraction of sp³-hybridized carbons (Fsp3) is 0.269. The molecule has 0 aliphatic carbocycles. The summed E-state index contributed by atoms with van der Waals surface area (Å²) < 4.78 is 26.0. The Morgan fingerprint density at radius 2 is 1.79 bits per heavy atom. The van der Waals surface area contributed by atoms with Crippen LogP contribution in [0.1, 0.15) is 34.1 Å². The molecule has 8 heteroatoms. The predicted molar refractivity (Wildman–Crippen MR) is 132 cm³/mol. The second-order valence-electron chi connectivity index (χ2n) is 8.70. The van der Waals surface area contributed by atoms with Crippen molar-refractivity contribution >= 4 is 26.8 Å². The molecular formula is C26H26N4O3S. The van der Waals surface area contributed by atoms with Crippen molar-refractivity contribution in [1.82, 2.24) is 20.1 Å². The Balaban J connectivity index is 1.55. The number of fused-ring (bicyclic) bond motifs is 1. The maximum atomic E-state index is 13.3. The molecule has 1 atom stereocenters. The fourth-order valence-corrected chi connectivity index (χ4v) is 6.22. The van der Waals surface area contributed by atoms with Crippen LogP contribution in [0, 0.1) is 6.92 Å². The smallest absolute Gasteiger partial charge is 0.252 e. The zero-order valence-electron chi connectivity index (χ0n) is 18.9. The van der Waals surface area contributed by atoms with E-state index >= 15 is 0 Å². The SMILES string of the molecule is Cc1nn(C2CCS(=O)(=O)C2)c2nc(-c3ccccc3)cc(C(=O)NCCc3ccccc3)c12.